The van der Waals surface area contributed by atoms with E-state index in [1.807, 2.05) is 30.9 Å². The van der Waals surface area contributed by atoms with Crippen LogP contribution in [0, 0.1) is 5.92 Å². The first-order valence-electron chi connectivity index (χ1n) is 5.92. The van der Waals surface area contributed by atoms with Crippen LogP contribution < -0.4 is 5.73 Å². The third kappa shape index (κ3) is 4.99. The van der Waals surface area contributed by atoms with Gasteiger partial charge in [0.2, 0.25) is 0 Å². The Hall–Kier alpha value is -0.540. The van der Waals surface area contributed by atoms with E-state index in [4.69, 9.17) is 5.73 Å². The van der Waals surface area contributed by atoms with E-state index in [2.05, 4.69) is 24.9 Å². The summed E-state index contributed by atoms with van der Waals surface area (Å²) in [4.78, 5) is 4.44. The Balaban J connectivity index is 2.56. The molecule has 3 heteroatoms. The molecule has 0 amide bonds. The summed E-state index contributed by atoms with van der Waals surface area (Å²) in [7, 11) is 0. The second kappa shape index (κ2) is 6.92. The summed E-state index contributed by atoms with van der Waals surface area (Å²) in [6.45, 7) is 6.54. The lowest BCUT2D eigenvalue weighted by molar-refractivity contribution is 0.631. The molecule has 0 bridgehead atoms. The third-order valence-corrected chi connectivity index (χ3v) is 3.41. The second-order valence-corrected chi connectivity index (χ2v) is 5.76. The van der Waals surface area contributed by atoms with Crippen molar-refractivity contribution in [1.29, 1.82) is 0 Å². The molecule has 0 fully saturated rings. The van der Waals surface area contributed by atoms with Gasteiger partial charge in [-0.05, 0) is 43.1 Å². The summed E-state index contributed by atoms with van der Waals surface area (Å²) in [5.41, 5.74) is 7.12. The number of hydrogen-bond donors (Lipinski definition) is 1. The molecule has 1 aromatic heterocycles. The van der Waals surface area contributed by atoms with Gasteiger partial charge in [-0.15, -0.1) is 11.8 Å². The fraction of sp³-hybridized carbons (Fsp3) is 0.615. The quantitative estimate of drug-likeness (QED) is 0.774. The number of pyridine rings is 1. The fourth-order valence-corrected chi connectivity index (χ4v) is 2.70. The lowest BCUT2D eigenvalue weighted by Gasteiger charge is -2.10. The first-order chi connectivity index (χ1) is 7.59. The highest BCUT2D eigenvalue weighted by Crippen LogP contribution is 2.22. The predicted octanol–water partition coefficient (Wildman–Crippen LogP) is 3.11. The smallest absolute Gasteiger partial charge is 0.0992 e. The molecule has 1 rings (SSSR count). The summed E-state index contributed by atoms with van der Waals surface area (Å²) >= 11 is 1.85. The number of nitrogens with zero attached hydrogens (tertiary/aromatic N) is 1. The van der Waals surface area contributed by atoms with E-state index in [1.165, 1.54) is 12.0 Å². The normalized spacial score (nSPS) is 13.1. The zero-order valence-corrected chi connectivity index (χ0v) is 11.3. The van der Waals surface area contributed by atoms with Crippen molar-refractivity contribution in [1.82, 2.24) is 4.98 Å². The summed E-state index contributed by atoms with van der Waals surface area (Å²) in [5.74, 6) is 1.90. The minimum atomic E-state index is 0.202. The van der Waals surface area contributed by atoms with Crippen molar-refractivity contribution in [2.45, 2.75) is 44.7 Å². The van der Waals surface area contributed by atoms with Crippen LogP contribution in [0.3, 0.4) is 0 Å². The van der Waals surface area contributed by atoms with Gasteiger partial charge in [0.05, 0.1) is 5.03 Å². The van der Waals surface area contributed by atoms with E-state index in [-0.39, 0.29) is 6.04 Å². The number of hydrogen-bond acceptors (Lipinski definition) is 3. The van der Waals surface area contributed by atoms with Crippen LogP contribution in [0.5, 0.6) is 0 Å². The Morgan fingerprint density at radius 3 is 2.75 bits per heavy atom. The molecular weight excluding hydrogens is 216 g/mol. The topological polar surface area (TPSA) is 38.9 Å². The standard InChI is InChI=1S/C13H22N2S/c1-10(2)6-8-16-13-12(9-11(3)14)5-4-7-15-13/h4-5,7,10-11H,6,8-9,14H2,1-3H3. The monoisotopic (exact) mass is 238 g/mol. The maximum absolute atomic E-state index is 5.83. The molecule has 0 saturated carbocycles. The van der Waals surface area contributed by atoms with E-state index >= 15 is 0 Å². The van der Waals surface area contributed by atoms with Crippen LogP contribution >= 0.6 is 11.8 Å². The van der Waals surface area contributed by atoms with Crippen molar-refractivity contribution in [3.05, 3.63) is 23.9 Å². The number of rotatable bonds is 6. The van der Waals surface area contributed by atoms with Gasteiger partial charge in [-0.3, -0.25) is 0 Å². The molecule has 1 atom stereocenters. The van der Waals surface area contributed by atoms with Gasteiger partial charge < -0.3 is 5.73 Å². The molecule has 16 heavy (non-hydrogen) atoms. The Morgan fingerprint density at radius 2 is 2.12 bits per heavy atom. The molecule has 0 spiro atoms. The van der Waals surface area contributed by atoms with Crippen LogP contribution in [-0.2, 0) is 6.42 Å². The Bertz CT molecular complexity index is 311. The largest absolute Gasteiger partial charge is 0.328 e. The number of thioether (sulfide) groups is 1. The summed E-state index contributed by atoms with van der Waals surface area (Å²) in [5, 5.41) is 1.15. The van der Waals surface area contributed by atoms with Crippen LogP contribution in [0.1, 0.15) is 32.8 Å². The average Bonchev–Trinajstić information content (AvgIpc) is 2.19. The molecule has 90 valence electrons. The van der Waals surface area contributed by atoms with E-state index in [0.717, 1.165) is 23.1 Å². The van der Waals surface area contributed by atoms with Gasteiger partial charge in [-0.1, -0.05) is 19.9 Å². The molecule has 0 radical (unpaired) electrons. The Morgan fingerprint density at radius 1 is 1.38 bits per heavy atom. The lowest BCUT2D eigenvalue weighted by Crippen LogP contribution is -2.18. The molecule has 1 aromatic rings. The van der Waals surface area contributed by atoms with Gasteiger partial charge in [0.25, 0.3) is 0 Å². The molecule has 2 nitrogen and oxygen atoms in total. The molecule has 0 aliphatic rings. The Labute approximate surface area is 103 Å². The van der Waals surface area contributed by atoms with E-state index in [0.29, 0.717) is 0 Å². The van der Waals surface area contributed by atoms with Crippen LogP contribution in [0.15, 0.2) is 23.4 Å². The van der Waals surface area contributed by atoms with E-state index < -0.39 is 0 Å². The first kappa shape index (κ1) is 13.5. The van der Waals surface area contributed by atoms with Gasteiger partial charge in [0, 0.05) is 12.2 Å². The molecule has 1 heterocycles. The van der Waals surface area contributed by atoms with Gasteiger partial charge in [-0.2, -0.15) is 0 Å². The zero-order valence-electron chi connectivity index (χ0n) is 10.4. The maximum Gasteiger partial charge on any atom is 0.0992 e. The van der Waals surface area contributed by atoms with Crippen molar-refractivity contribution in [2.75, 3.05) is 5.75 Å². The fourth-order valence-electron chi connectivity index (χ4n) is 1.45. The van der Waals surface area contributed by atoms with Crippen molar-refractivity contribution < 1.29 is 0 Å². The molecule has 2 N–H and O–H groups in total. The molecule has 0 saturated heterocycles. The predicted molar refractivity (Wildman–Crippen MR) is 71.8 cm³/mol. The molecule has 0 aliphatic carbocycles. The van der Waals surface area contributed by atoms with E-state index in [1.54, 1.807) is 0 Å². The first-order valence-corrected chi connectivity index (χ1v) is 6.90. The van der Waals surface area contributed by atoms with Crippen LogP contribution in [0.2, 0.25) is 0 Å². The van der Waals surface area contributed by atoms with Crippen molar-refractivity contribution >= 4 is 11.8 Å². The van der Waals surface area contributed by atoms with Crippen molar-refractivity contribution in [3.63, 3.8) is 0 Å². The lowest BCUT2D eigenvalue weighted by atomic mass is 10.1. The van der Waals surface area contributed by atoms with E-state index in [9.17, 15) is 0 Å². The van der Waals surface area contributed by atoms with Crippen LogP contribution in [0.4, 0.5) is 0 Å². The maximum atomic E-state index is 5.83. The minimum Gasteiger partial charge on any atom is -0.328 e. The van der Waals surface area contributed by atoms with Gasteiger partial charge in [0.1, 0.15) is 0 Å². The summed E-state index contributed by atoms with van der Waals surface area (Å²) < 4.78 is 0. The highest BCUT2D eigenvalue weighted by atomic mass is 32.2. The molecular formula is C13H22N2S. The van der Waals surface area contributed by atoms with Crippen molar-refractivity contribution in [3.8, 4) is 0 Å². The van der Waals surface area contributed by atoms with Crippen molar-refractivity contribution in [2.24, 2.45) is 11.7 Å². The Kier molecular flexibility index (Phi) is 5.85. The van der Waals surface area contributed by atoms with Gasteiger partial charge in [0.15, 0.2) is 0 Å². The number of aromatic nitrogens is 1. The summed E-state index contributed by atoms with van der Waals surface area (Å²) in [6, 6.07) is 4.33. The van der Waals surface area contributed by atoms with Crippen LogP contribution in [0.25, 0.3) is 0 Å². The summed E-state index contributed by atoms with van der Waals surface area (Å²) in [6.07, 6.45) is 4.01. The molecule has 1 unspecified atom stereocenters. The zero-order chi connectivity index (χ0) is 12.0. The minimum absolute atomic E-state index is 0.202. The number of nitrogens with two attached hydrogens (primary N) is 1. The van der Waals surface area contributed by atoms with Gasteiger partial charge in [-0.25, -0.2) is 4.98 Å². The molecule has 0 aromatic carbocycles. The SMILES string of the molecule is CC(C)CCSc1ncccc1CC(C)N. The van der Waals surface area contributed by atoms with Gasteiger partial charge >= 0.3 is 0 Å². The second-order valence-electron chi connectivity index (χ2n) is 4.68. The average molecular weight is 238 g/mol. The third-order valence-electron chi connectivity index (χ3n) is 2.33. The highest BCUT2D eigenvalue weighted by Gasteiger charge is 2.06. The van der Waals surface area contributed by atoms with Crippen LogP contribution in [-0.4, -0.2) is 16.8 Å². The molecule has 0 aliphatic heterocycles. The highest BCUT2D eigenvalue weighted by molar-refractivity contribution is 7.99.